The lowest BCUT2D eigenvalue weighted by molar-refractivity contribution is -0.384. The molecule has 0 aliphatic rings. The zero-order valence-corrected chi connectivity index (χ0v) is 11.9. The highest BCUT2D eigenvalue weighted by molar-refractivity contribution is 7.09. The van der Waals surface area contributed by atoms with Crippen LogP contribution in [0.2, 0.25) is 0 Å². The van der Waals surface area contributed by atoms with Crippen LogP contribution in [0, 0.1) is 17.0 Å². The van der Waals surface area contributed by atoms with Crippen LogP contribution >= 0.6 is 11.3 Å². The van der Waals surface area contributed by atoms with Crippen molar-refractivity contribution in [1.29, 1.82) is 0 Å². The van der Waals surface area contributed by atoms with E-state index in [1.54, 1.807) is 16.8 Å². The highest BCUT2D eigenvalue weighted by Gasteiger charge is 2.16. The second-order valence-corrected chi connectivity index (χ2v) is 5.42. The molecular weight excluding hydrogens is 280 g/mol. The van der Waals surface area contributed by atoms with Gasteiger partial charge in [0, 0.05) is 17.5 Å². The van der Waals surface area contributed by atoms with Gasteiger partial charge in [-0.05, 0) is 14.0 Å². The third kappa shape index (κ3) is 3.28. The Labute approximate surface area is 119 Å². The first-order valence-electron chi connectivity index (χ1n) is 5.91. The number of H-pyrrole nitrogens is 1. The first-order valence-corrected chi connectivity index (χ1v) is 6.79. The van der Waals surface area contributed by atoms with Gasteiger partial charge in [0.05, 0.1) is 34.6 Å². The number of carbonyl (C=O) groups is 1. The number of aryl methyl sites for hydroxylation is 1. The van der Waals surface area contributed by atoms with Crippen molar-refractivity contribution >= 4 is 22.8 Å². The fourth-order valence-corrected chi connectivity index (χ4v) is 2.61. The lowest BCUT2D eigenvalue weighted by atomic mass is 10.2. The van der Waals surface area contributed by atoms with Gasteiger partial charge >= 0.3 is 0 Å². The maximum absolute atomic E-state index is 12.0. The predicted octanol–water partition coefficient (Wildman–Crippen LogP) is 2.00. The van der Waals surface area contributed by atoms with E-state index < -0.39 is 4.92 Å². The lowest BCUT2D eigenvalue weighted by Crippen LogP contribution is -2.25. The number of carbonyl (C=O) groups excluding carboxylic acids is 1. The van der Waals surface area contributed by atoms with Crippen molar-refractivity contribution in [2.24, 2.45) is 0 Å². The second kappa shape index (κ2) is 5.93. The molecule has 0 radical (unpaired) electrons. The number of hydrogen-bond donors (Lipinski definition) is 1. The van der Waals surface area contributed by atoms with E-state index in [0.29, 0.717) is 6.54 Å². The smallest absolute Gasteiger partial charge is 0.287 e. The summed E-state index contributed by atoms with van der Waals surface area (Å²) in [4.78, 5) is 31.8. The van der Waals surface area contributed by atoms with Gasteiger partial charge < -0.3 is 4.98 Å². The monoisotopic (exact) mass is 294 g/mol. The highest BCUT2D eigenvalue weighted by atomic mass is 32.1. The molecule has 106 valence electrons. The van der Waals surface area contributed by atoms with Gasteiger partial charge in [0.1, 0.15) is 0 Å². The molecule has 0 spiro atoms. The first kappa shape index (κ1) is 14.4. The molecule has 2 aromatic heterocycles. The number of hydrogen-bond acceptors (Lipinski definition) is 6. The summed E-state index contributed by atoms with van der Waals surface area (Å²) >= 11 is 1.55. The van der Waals surface area contributed by atoms with Crippen molar-refractivity contribution in [3.63, 3.8) is 0 Å². The molecule has 0 bridgehead atoms. The Bertz CT molecular complexity index is 634. The Kier molecular flexibility index (Phi) is 4.26. The summed E-state index contributed by atoms with van der Waals surface area (Å²) in [6.07, 6.45) is 1.22. The Morgan fingerprint density at radius 3 is 2.90 bits per heavy atom. The van der Waals surface area contributed by atoms with E-state index in [1.165, 1.54) is 12.3 Å². The maximum Gasteiger partial charge on any atom is 0.287 e. The predicted molar refractivity (Wildman–Crippen MR) is 75.0 cm³/mol. The minimum absolute atomic E-state index is 0.102. The number of nitro groups is 1. The second-order valence-electron chi connectivity index (χ2n) is 4.49. The molecule has 20 heavy (non-hydrogen) atoms. The van der Waals surface area contributed by atoms with Crippen molar-refractivity contribution in [1.82, 2.24) is 14.9 Å². The number of rotatable bonds is 6. The minimum atomic E-state index is -0.530. The topological polar surface area (TPSA) is 92.1 Å². The summed E-state index contributed by atoms with van der Waals surface area (Å²) < 4.78 is 0. The van der Waals surface area contributed by atoms with E-state index in [2.05, 4.69) is 9.97 Å². The quantitative estimate of drug-likeness (QED) is 0.500. The van der Waals surface area contributed by atoms with E-state index in [4.69, 9.17) is 0 Å². The molecule has 0 unspecified atom stereocenters. The van der Waals surface area contributed by atoms with E-state index in [-0.39, 0.29) is 23.7 Å². The van der Waals surface area contributed by atoms with Gasteiger partial charge in [0.25, 0.3) is 5.69 Å². The van der Waals surface area contributed by atoms with Gasteiger partial charge in [-0.3, -0.25) is 19.8 Å². The largest absolute Gasteiger partial charge is 0.353 e. The van der Waals surface area contributed by atoms with Crippen molar-refractivity contribution in [3.8, 4) is 0 Å². The van der Waals surface area contributed by atoms with E-state index >= 15 is 0 Å². The molecule has 2 aromatic rings. The van der Waals surface area contributed by atoms with E-state index in [9.17, 15) is 14.9 Å². The zero-order valence-electron chi connectivity index (χ0n) is 11.1. The molecule has 0 atom stereocenters. The number of nitrogens with zero attached hydrogens (tertiary/aromatic N) is 3. The molecule has 2 rings (SSSR count). The lowest BCUT2D eigenvalue weighted by Gasteiger charge is -2.14. The normalized spacial score (nSPS) is 10.9. The standard InChI is InChI=1S/C12H14N4O3S/c1-8-12(20-7-14-8)6-15(2)5-11(17)10-3-9(4-13-10)16(18)19/h3-4,7,13H,5-6H2,1-2H3. The van der Waals surface area contributed by atoms with Crippen LogP contribution in [-0.2, 0) is 6.54 Å². The molecule has 0 aliphatic carbocycles. The number of ketones is 1. The first-order chi connectivity index (χ1) is 9.47. The number of Topliss-reactive ketones (excluding diaryl/α,β-unsaturated/α-hetero) is 1. The van der Waals surface area contributed by atoms with Gasteiger partial charge in [-0.1, -0.05) is 0 Å². The number of aromatic amines is 1. The van der Waals surface area contributed by atoms with Gasteiger partial charge in [-0.15, -0.1) is 11.3 Å². The van der Waals surface area contributed by atoms with Crippen LogP contribution in [-0.4, -0.2) is 39.2 Å². The molecule has 8 heteroatoms. The highest BCUT2D eigenvalue weighted by Crippen LogP contribution is 2.16. The van der Waals surface area contributed by atoms with Crippen LogP contribution in [0.5, 0.6) is 0 Å². The third-order valence-corrected chi connectivity index (χ3v) is 3.77. The number of nitrogens with one attached hydrogen (secondary N) is 1. The molecule has 0 amide bonds. The summed E-state index contributed by atoms with van der Waals surface area (Å²) in [5, 5.41) is 10.6. The van der Waals surface area contributed by atoms with Crippen molar-refractivity contribution < 1.29 is 9.72 Å². The summed E-state index contributed by atoms with van der Waals surface area (Å²) in [7, 11) is 1.83. The van der Waals surface area contributed by atoms with Gasteiger partial charge in [0.2, 0.25) is 0 Å². The van der Waals surface area contributed by atoms with Crippen molar-refractivity contribution in [3.05, 3.63) is 44.2 Å². The third-order valence-electron chi connectivity index (χ3n) is 2.85. The van der Waals surface area contributed by atoms with Gasteiger partial charge in [0.15, 0.2) is 5.78 Å². The molecule has 2 heterocycles. The Hall–Kier alpha value is -2.06. The average Bonchev–Trinajstić information content (AvgIpc) is 2.99. The SMILES string of the molecule is Cc1ncsc1CN(C)CC(=O)c1cc([N+](=O)[O-])c[nH]1. The summed E-state index contributed by atoms with van der Waals surface area (Å²) in [5.41, 5.74) is 2.89. The minimum Gasteiger partial charge on any atom is -0.353 e. The summed E-state index contributed by atoms with van der Waals surface area (Å²) in [6, 6.07) is 1.26. The van der Waals surface area contributed by atoms with Crippen LogP contribution in [0.4, 0.5) is 5.69 Å². The van der Waals surface area contributed by atoms with Crippen molar-refractivity contribution in [2.75, 3.05) is 13.6 Å². The molecular formula is C12H14N4O3S. The summed E-state index contributed by atoms with van der Waals surface area (Å²) in [6.45, 7) is 2.75. The zero-order chi connectivity index (χ0) is 14.7. The number of thiazole rings is 1. The van der Waals surface area contributed by atoms with Crippen LogP contribution in [0.15, 0.2) is 17.8 Å². The Morgan fingerprint density at radius 2 is 2.35 bits per heavy atom. The molecule has 1 N–H and O–H groups in total. The van der Waals surface area contributed by atoms with Gasteiger partial charge in [-0.25, -0.2) is 4.98 Å². The fraction of sp³-hybridized carbons (Fsp3) is 0.333. The van der Waals surface area contributed by atoms with Crippen molar-refractivity contribution in [2.45, 2.75) is 13.5 Å². The Balaban J connectivity index is 1.96. The van der Waals surface area contributed by atoms with Crippen LogP contribution < -0.4 is 0 Å². The summed E-state index contributed by atoms with van der Waals surface area (Å²) in [5.74, 6) is -0.178. The molecule has 0 fully saturated rings. The maximum atomic E-state index is 12.0. The van der Waals surface area contributed by atoms with Crippen LogP contribution in [0.1, 0.15) is 21.1 Å². The molecule has 0 saturated carbocycles. The average molecular weight is 294 g/mol. The van der Waals surface area contributed by atoms with Crippen LogP contribution in [0.3, 0.4) is 0 Å². The fourth-order valence-electron chi connectivity index (χ4n) is 1.76. The number of likely N-dealkylation sites (N-methyl/N-ethyl adjacent to an activating group) is 1. The number of aromatic nitrogens is 2. The van der Waals surface area contributed by atoms with Crippen LogP contribution in [0.25, 0.3) is 0 Å². The van der Waals surface area contributed by atoms with Gasteiger partial charge in [-0.2, -0.15) is 0 Å². The molecule has 0 aromatic carbocycles. The molecule has 0 saturated heterocycles. The van der Waals surface area contributed by atoms with E-state index in [0.717, 1.165) is 10.6 Å². The molecule has 7 nitrogen and oxygen atoms in total. The Morgan fingerprint density at radius 1 is 1.60 bits per heavy atom. The van der Waals surface area contributed by atoms with E-state index in [1.807, 2.05) is 18.9 Å². The molecule has 0 aliphatic heterocycles.